The third-order valence-corrected chi connectivity index (χ3v) is 4.98. The molecule has 0 unspecified atom stereocenters. The fraction of sp³-hybridized carbons (Fsp3) is 0.250. The van der Waals surface area contributed by atoms with Crippen LogP contribution in [0.3, 0.4) is 0 Å². The Labute approximate surface area is 186 Å². The number of carboxylic acid groups (broad SMARTS) is 1. The van der Waals surface area contributed by atoms with Crippen molar-refractivity contribution in [1.29, 1.82) is 0 Å². The van der Waals surface area contributed by atoms with Crippen LogP contribution in [0.2, 0.25) is 0 Å². The van der Waals surface area contributed by atoms with E-state index in [1.54, 1.807) is 19.9 Å². The lowest BCUT2D eigenvalue weighted by Gasteiger charge is -2.30. The van der Waals surface area contributed by atoms with E-state index in [-0.39, 0.29) is 11.5 Å². The Bertz CT molecular complexity index is 1130. The van der Waals surface area contributed by atoms with Crippen molar-refractivity contribution in [3.8, 4) is 11.3 Å². The largest absolute Gasteiger partial charge is 0.505 e. The van der Waals surface area contributed by atoms with Gasteiger partial charge in [0, 0.05) is 29.1 Å². The highest BCUT2D eigenvalue weighted by molar-refractivity contribution is 6.04. The number of rotatable bonds is 7. The maximum atomic E-state index is 12.7. The molecule has 0 spiro atoms. The fourth-order valence-electron chi connectivity index (χ4n) is 3.61. The number of carbonyl (C=O) groups is 2. The van der Waals surface area contributed by atoms with Crippen LogP contribution in [-0.2, 0) is 16.0 Å². The second-order valence-corrected chi connectivity index (χ2v) is 7.20. The molecule has 1 aliphatic rings. The van der Waals surface area contributed by atoms with Gasteiger partial charge in [-0.1, -0.05) is 37.6 Å². The predicted octanol–water partition coefficient (Wildman–Crippen LogP) is 3.81. The number of aromatic nitrogens is 1. The molecule has 2 heterocycles. The molecule has 1 aromatic heterocycles. The summed E-state index contributed by atoms with van der Waals surface area (Å²) in [7, 11) is 0. The van der Waals surface area contributed by atoms with E-state index in [1.165, 1.54) is 23.0 Å². The highest BCUT2D eigenvalue weighted by atomic mass is 16.4. The van der Waals surface area contributed by atoms with Gasteiger partial charge in [-0.25, -0.2) is 5.01 Å². The summed E-state index contributed by atoms with van der Waals surface area (Å²) in [5.74, 6) is -2.27. The van der Waals surface area contributed by atoms with Gasteiger partial charge in [-0.3, -0.25) is 14.6 Å². The summed E-state index contributed by atoms with van der Waals surface area (Å²) in [6, 6.07) is 10.0. The van der Waals surface area contributed by atoms with Gasteiger partial charge in [0.15, 0.2) is 11.5 Å². The molecule has 32 heavy (non-hydrogen) atoms. The number of allylic oxidation sites excluding steroid dienone is 1. The molecule has 8 nitrogen and oxygen atoms in total. The van der Waals surface area contributed by atoms with Gasteiger partial charge in [0.05, 0.1) is 11.4 Å². The third-order valence-electron chi connectivity index (χ3n) is 4.98. The molecule has 0 saturated heterocycles. The minimum atomic E-state index is -1.19. The molecule has 0 radical (unpaired) electrons. The van der Waals surface area contributed by atoms with Crippen molar-refractivity contribution in [2.75, 3.05) is 6.54 Å². The van der Waals surface area contributed by atoms with Crippen LogP contribution in [0.1, 0.15) is 43.9 Å². The second kappa shape index (κ2) is 9.91. The lowest BCUT2D eigenvalue weighted by molar-refractivity contribution is -0.137. The van der Waals surface area contributed by atoms with Gasteiger partial charge in [-0.2, -0.15) is 5.10 Å². The van der Waals surface area contributed by atoms with E-state index in [2.05, 4.69) is 34.5 Å². The first-order valence-corrected chi connectivity index (χ1v) is 10.4. The van der Waals surface area contributed by atoms with Gasteiger partial charge >= 0.3 is 5.97 Å². The Balaban J connectivity index is 2.13. The summed E-state index contributed by atoms with van der Waals surface area (Å²) >= 11 is 0. The topological polar surface area (TPSA) is 115 Å². The molecule has 3 N–H and O–H groups in total. The number of hydrazone groups is 1. The molecule has 0 aliphatic carbocycles. The Morgan fingerprint density at radius 3 is 2.66 bits per heavy atom. The van der Waals surface area contributed by atoms with E-state index < -0.39 is 18.4 Å². The summed E-state index contributed by atoms with van der Waals surface area (Å²) in [4.78, 5) is 28.1. The van der Waals surface area contributed by atoms with Crippen molar-refractivity contribution in [2.45, 2.75) is 33.6 Å². The van der Waals surface area contributed by atoms with Gasteiger partial charge in [0.25, 0.3) is 5.91 Å². The molecular weight excluding hydrogens is 408 g/mol. The minimum absolute atomic E-state index is 0.163. The number of aliphatic hydroxyl groups is 1. The van der Waals surface area contributed by atoms with E-state index in [0.717, 1.165) is 24.1 Å². The second-order valence-electron chi connectivity index (χ2n) is 7.20. The van der Waals surface area contributed by atoms with Crippen LogP contribution >= 0.6 is 0 Å². The van der Waals surface area contributed by atoms with Crippen molar-refractivity contribution in [3.63, 3.8) is 0 Å². The number of carboxylic acids is 1. The molecule has 0 fully saturated rings. The van der Waals surface area contributed by atoms with Crippen molar-refractivity contribution in [1.82, 2.24) is 15.3 Å². The highest BCUT2D eigenvalue weighted by Gasteiger charge is 2.33. The summed E-state index contributed by atoms with van der Waals surface area (Å²) < 4.78 is 0. The molecule has 1 aromatic carbocycles. The number of hydrogen-bond acceptors (Lipinski definition) is 6. The first kappa shape index (κ1) is 22.7. The number of amides is 1. The first-order chi connectivity index (χ1) is 15.4. The molecule has 8 heteroatoms. The van der Waals surface area contributed by atoms with Crippen molar-refractivity contribution < 1.29 is 19.8 Å². The van der Waals surface area contributed by atoms with Gasteiger partial charge in [-0.05, 0) is 38.0 Å². The lowest BCUT2D eigenvalue weighted by atomic mass is 9.96. The SMILES string of the molecule is C/C=N\N1C(C(=O)NCC(=O)O)=C(O)c2cnc(-c3cccc(CCC)c3)cc2/C1=C\C. The number of aliphatic hydroxyl groups excluding tert-OH is 1. The summed E-state index contributed by atoms with van der Waals surface area (Å²) in [6.07, 6.45) is 6.80. The van der Waals surface area contributed by atoms with E-state index in [0.29, 0.717) is 16.8 Å². The Hall–Kier alpha value is -3.94. The van der Waals surface area contributed by atoms with Crippen LogP contribution in [-0.4, -0.2) is 44.8 Å². The highest BCUT2D eigenvalue weighted by Crippen LogP contribution is 2.39. The first-order valence-electron chi connectivity index (χ1n) is 10.4. The lowest BCUT2D eigenvalue weighted by Crippen LogP contribution is -2.37. The maximum Gasteiger partial charge on any atom is 0.322 e. The van der Waals surface area contributed by atoms with Crippen LogP contribution in [0.5, 0.6) is 0 Å². The third kappa shape index (κ3) is 4.54. The van der Waals surface area contributed by atoms with Crippen LogP contribution in [0.25, 0.3) is 22.7 Å². The Morgan fingerprint density at radius 1 is 1.22 bits per heavy atom. The molecule has 0 atom stereocenters. The maximum absolute atomic E-state index is 12.7. The van der Waals surface area contributed by atoms with Gasteiger partial charge in [0.2, 0.25) is 0 Å². The number of pyridine rings is 1. The quantitative estimate of drug-likeness (QED) is 0.571. The van der Waals surface area contributed by atoms with Crippen LogP contribution in [0.4, 0.5) is 0 Å². The molecule has 1 amide bonds. The van der Waals surface area contributed by atoms with Gasteiger partial charge in [-0.15, -0.1) is 0 Å². The molecule has 3 rings (SSSR count). The summed E-state index contributed by atoms with van der Waals surface area (Å²) in [5.41, 5.74) is 4.34. The normalized spacial score (nSPS) is 14.7. The van der Waals surface area contributed by atoms with E-state index in [4.69, 9.17) is 5.11 Å². The molecule has 166 valence electrons. The smallest absolute Gasteiger partial charge is 0.322 e. The fourth-order valence-corrected chi connectivity index (χ4v) is 3.61. The zero-order valence-electron chi connectivity index (χ0n) is 18.3. The van der Waals surface area contributed by atoms with Crippen molar-refractivity contribution in [2.24, 2.45) is 5.10 Å². The number of aliphatic carboxylic acids is 1. The van der Waals surface area contributed by atoms with Crippen LogP contribution in [0.15, 0.2) is 53.4 Å². The average molecular weight is 434 g/mol. The zero-order chi connectivity index (χ0) is 23.3. The Kier molecular flexibility index (Phi) is 7.04. The molecule has 1 aliphatic heterocycles. The molecular formula is C24H26N4O4. The number of nitrogens with one attached hydrogen (secondary N) is 1. The number of aryl methyl sites for hydroxylation is 1. The molecule has 0 saturated carbocycles. The number of benzene rings is 1. The van der Waals surface area contributed by atoms with E-state index in [9.17, 15) is 14.7 Å². The van der Waals surface area contributed by atoms with Crippen molar-refractivity contribution in [3.05, 3.63) is 65.0 Å². The van der Waals surface area contributed by atoms with Crippen LogP contribution in [0, 0.1) is 0 Å². The molecule has 0 bridgehead atoms. The number of nitrogens with zero attached hydrogens (tertiary/aromatic N) is 3. The predicted molar refractivity (Wildman–Crippen MR) is 124 cm³/mol. The van der Waals surface area contributed by atoms with Gasteiger partial charge < -0.3 is 15.5 Å². The number of carbonyl (C=O) groups excluding carboxylic acids is 1. The number of fused-ring (bicyclic) bond motifs is 1. The van der Waals surface area contributed by atoms with E-state index in [1.807, 2.05) is 18.2 Å². The molecule has 2 aromatic rings. The zero-order valence-corrected chi connectivity index (χ0v) is 18.3. The standard InChI is InChI=1S/C24H26N4O4/c1-4-8-15-9-7-10-16(11-15)19-12-17-18(13-25-19)23(31)22(24(32)26-14-21(29)30)28(27-6-3)20(17)5-2/h5-7,9-13,31H,4,8,14H2,1-3H3,(H,26,32)(H,29,30)/b20-5+,27-6-. The summed E-state index contributed by atoms with van der Waals surface area (Å²) in [6.45, 7) is 5.03. The summed E-state index contributed by atoms with van der Waals surface area (Å²) in [5, 5.41) is 27.7. The van der Waals surface area contributed by atoms with E-state index >= 15 is 0 Å². The Morgan fingerprint density at radius 2 is 2.00 bits per heavy atom. The van der Waals surface area contributed by atoms with Gasteiger partial charge in [0.1, 0.15) is 6.54 Å². The average Bonchev–Trinajstić information content (AvgIpc) is 2.78. The number of hydrogen-bond donors (Lipinski definition) is 3. The van der Waals surface area contributed by atoms with Crippen LogP contribution < -0.4 is 5.32 Å². The van der Waals surface area contributed by atoms with Crippen molar-refractivity contribution >= 4 is 29.5 Å². The monoisotopic (exact) mass is 434 g/mol. The minimum Gasteiger partial charge on any atom is -0.505 e.